The van der Waals surface area contributed by atoms with Gasteiger partial charge in [0.25, 0.3) is 0 Å². The molecule has 1 N–H and O–H groups in total. The molecule has 15 heavy (non-hydrogen) atoms. The van der Waals surface area contributed by atoms with Crippen LogP contribution in [0.25, 0.3) is 0 Å². The van der Waals surface area contributed by atoms with Gasteiger partial charge in [0.2, 0.25) is 6.08 Å². The minimum atomic E-state index is -0.448. The Kier molecular flexibility index (Phi) is 3.60. The lowest BCUT2D eigenvalue weighted by molar-refractivity contribution is -0.138. The largest absolute Gasteiger partial charge is 0.344 e. The summed E-state index contributed by atoms with van der Waals surface area (Å²) in [7, 11) is 0. The molecule has 0 radical (unpaired) electrons. The van der Waals surface area contributed by atoms with Crippen molar-refractivity contribution in [3.63, 3.8) is 0 Å². The van der Waals surface area contributed by atoms with E-state index >= 15 is 0 Å². The van der Waals surface area contributed by atoms with Gasteiger partial charge in [-0.05, 0) is 24.6 Å². The molecule has 0 aliphatic rings. The van der Waals surface area contributed by atoms with Gasteiger partial charge in [-0.2, -0.15) is 4.99 Å². The lowest BCUT2D eigenvalue weighted by atomic mass is 10.2. The summed E-state index contributed by atoms with van der Waals surface area (Å²) in [6, 6.07) is 5.05. The van der Waals surface area contributed by atoms with E-state index < -0.39 is 5.97 Å². The molecule has 0 aliphatic carbocycles. The van der Waals surface area contributed by atoms with Crippen LogP contribution in [0.1, 0.15) is 12.5 Å². The summed E-state index contributed by atoms with van der Waals surface area (Å²) >= 11 is 0. The zero-order chi connectivity index (χ0) is 11.3. The van der Waals surface area contributed by atoms with E-state index in [1.165, 1.54) is 13.0 Å². The van der Waals surface area contributed by atoms with E-state index in [0.29, 0.717) is 11.4 Å². The van der Waals surface area contributed by atoms with Gasteiger partial charge in [0.1, 0.15) is 0 Å². The number of nitrogens with one attached hydrogen (secondary N) is 1. The lowest BCUT2D eigenvalue weighted by Gasteiger charge is -2.06. The average Bonchev–Trinajstić information content (AvgIpc) is 2.19. The fraction of sp³-hybridized carbons (Fsp3) is 0.200. The van der Waals surface area contributed by atoms with Crippen LogP contribution in [0.15, 0.2) is 23.2 Å². The molecule has 0 bridgehead atoms. The average molecular weight is 206 g/mol. The van der Waals surface area contributed by atoms with E-state index in [9.17, 15) is 9.59 Å². The third-order valence-electron chi connectivity index (χ3n) is 1.69. The van der Waals surface area contributed by atoms with Crippen molar-refractivity contribution in [2.45, 2.75) is 13.8 Å². The summed E-state index contributed by atoms with van der Waals surface area (Å²) < 4.78 is 0. The van der Waals surface area contributed by atoms with Gasteiger partial charge < -0.3 is 4.84 Å². The first-order valence-corrected chi connectivity index (χ1v) is 4.25. The van der Waals surface area contributed by atoms with E-state index in [1.807, 2.05) is 6.92 Å². The molecular formula is C10H10N2O3. The van der Waals surface area contributed by atoms with Crippen LogP contribution in [0, 0.1) is 6.92 Å². The minimum Gasteiger partial charge on any atom is -0.344 e. The van der Waals surface area contributed by atoms with E-state index in [2.05, 4.69) is 15.3 Å². The number of hydrogen-bond donors (Lipinski definition) is 1. The summed E-state index contributed by atoms with van der Waals surface area (Å²) in [5.74, 6) is -0.448. The Balaban J connectivity index is 2.87. The van der Waals surface area contributed by atoms with Crippen molar-refractivity contribution in [1.29, 1.82) is 0 Å². The summed E-state index contributed by atoms with van der Waals surface area (Å²) in [6.07, 6.45) is 1.46. The molecule has 0 aliphatic heterocycles. The van der Waals surface area contributed by atoms with Crippen LogP contribution in [-0.2, 0) is 14.4 Å². The second-order valence-electron chi connectivity index (χ2n) is 2.90. The Morgan fingerprint density at radius 3 is 2.87 bits per heavy atom. The predicted molar refractivity (Wildman–Crippen MR) is 54.3 cm³/mol. The summed E-state index contributed by atoms with van der Waals surface area (Å²) in [5, 5.41) is 0. The molecule has 0 amide bonds. The van der Waals surface area contributed by atoms with Crippen molar-refractivity contribution < 1.29 is 14.4 Å². The number of nitrogens with zero attached hydrogens (tertiary/aromatic N) is 1. The second-order valence-corrected chi connectivity index (χ2v) is 2.90. The van der Waals surface area contributed by atoms with Crippen LogP contribution in [0.2, 0.25) is 0 Å². The normalized spacial score (nSPS) is 8.93. The number of rotatable bonds is 3. The number of anilines is 1. The summed E-state index contributed by atoms with van der Waals surface area (Å²) in [5.41, 5.74) is 4.30. The van der Waals surface area contributed by atoms with Gasteiger partial charge in [-0.1, -0.05) is 6.07 Å². The lowest BCUT2D eigenvalue weighted by Crippen LogP contribution is -2.05. The van der Waals surface area contributed by atoms with Gasteiger partial charge in [0.15, 0.2) is 0 Å². The third-order valence-corrected chi connectivity index (χ3v) is 1.69. The fourth-order valence-electron chi connectivity index (χ4n) is 0.973. The molecule has 5 nitrogen and oxygen atoms in total. The van der Waals surface area contributed by atoms with Crippen molar-refractivity contribution in [2.24, 2.45) is 4.99 Å². The Bertz CT molecular complexity index is 423. The summed E-state index contributed by atoms with van der Waals surface area (Å²) in [6.45, 7) is 3.09. The van der Waals surface area contributed by atoms with Gasteiger partial charge in [-0.25, -0.2) is 10.3 Å². The number of carbonyl (C=O) groups excluding carboxylic acids is 2. The van der Waals surface area contributed by atoms with Crippen molar-refractivity contribution in [3.05, 3.63) is 23.8 Å². The van der Waals surface area contributed by atoms with E-state index in [1.54, 1.807) is 18.2 Å². The highest BCUT2D eigenvalue weighted by atomic mass is 16.7. The molecule has 0 unspecified atom stereocenters. The van der Waals surface area contributed by atoms with Gasteiger partial charge in [0.05, 0.1) is 11.4 Å². The SMILES string of the molecule is CC(=O)ONc1ccc(C)c(N=C=O)c1. The molecule has 0 heterocycles. The zero-order valence-electron chi connectivity index (χ0n) is 8.40. The highest BCUT2D eigenvalue weighted by Crippen LogP contribution is 2.22. The zero-order valence-corrected chi connectivity index (χ0v) is 8.40. The Morgan fingerprint density at radius 1 is 1.53 bits per heavy atom. The fourth-order valence-corrected chi connectivity index (χ4v) is 0.973. The second kappa shape index (κ2) is 4.93. The van der Waals surface area contributed by atoms with Gasteiger partial charge in [-0.15, -0.1) is 0 Å². The van der Waals surface area contributed by atoms with Gasteiger partial charge in [0, 0.05) is 6.92 Å². The first-order chi connectivity index (χ1) is 7.13. The van der Waals surface area contributed by atoms with E-state index in [-0.39, 0.29) is 0 Å². The molecule has 78 valence electrons. The van der Waals surface area contributed by atoms with Gasteiger partial charge >= 0.3 is 5.97 Å². The highest BCUT2D eigenvalue weighted by Gasteiger charge is 2.00. The maximum Gasteiger partial charge on any atom is 0.329 e. The van der Waals surface area contributed by atoms with Crippen molar-refractivity contribution in [3.8, 4) is 0 Å². The maximum absolute atomic E-state index is 10.5. The van der Waals surface area contributed by atoms with Crippen LogP contribution < -0.4 is 5.48 Å². The van der Waals surface area contributed by atoms with E-state index in [0.717, 1.165) is 5.56 Å². The van der Waals surface area contributed by atoms with Crippen LogP contribution >= 0.6 is 0 Å². The Hall–Kier alpha value is -2.13. The van der Waals surface area contributed by atoms with Crippen LogP contribution in [0.4, 0.5) is 11.4 Å². The quantitative estimate of drug-likeness (QED) is 0.465. The molecule has 0 aromatic heterocycles. The Morgan fingerprint density at radius 2 is 2.27 bits per heavy atom. The number of aryl methyl sites for hydroxylation is 1. The summed E-state index contributed by atoms with van der Waals surface area (Å²) in [4.78, 5) is 28.7. The predicted octanol–water partition coefficient (Wildman–Crippen LogP) is 1.85. The molecule has 0 atom stereocenters. The third kappa shape index (κ3) is 3.25. The molecule has 0 fully saturated rings. The molecular weight excluding hydrogens is 196 g/mol. The molecule has 0 saturated carbocycles. The highest BCUT2D eigenvalue weighted by molar-refractivity contribution is 5.68. The van der Waals surface area contributed by atoms with Gasteiger partial charge in [-0.3, -0.25) is 4.79 Å². The number of aliphatic imine (C=N–C) groups is 1. The van der Waals surface area contributed by atoms with Crippen LogP contribution in [-0.4, -0.2) is 12.0 Å². The molecule has 1 rings (SSSR count). The molecule has 5 heteroatoms. The Labute approximate surface area is 86.7 Å². The standard InChI is InChI=1S/C10H10N2O3/c1-7-3-4-9(12-15-8(2)14)5-10(7)11-6-13/h3-5,12H,1-2H3. The van der Waals surface area contributed by atoms with Crippen molar-refractivity contribution in [1.82, 2.24) is 0 Å². The monoisotopic (exact) mass is 206 g/mol. The van der Waals surface area contributed by atoms with Crippen LogP contribution in [0.3, 0.4) is 0 Å². The number of benzene rings is 1. The smallest absolute Gasteiger partial charge is 0.329 e. The minimum absolute atomic E-state index is 0.448. The number of carbonyl (C=O) groups is 1. The van der Waals surface area contributed by atoms with Crippen molar-refractivity contribution >= 4 is 23.4 Å². The van der Waals surface area contributed by atoms with Crippen LogP contribution in [0.5, 0.6) is 0 Å². The first-order valence-electron chi connectivity index (χ1n) is 4.25. The molecule has 0 spiro atoms. The first kappa shape index (κ1) is 10.9. The maximum atomic E-state index is 10.5. The number of isocyanates is 1. The van der Waals surface area contributed by atoms with E-state index in [4.69, 9.17) is 0 Å². The molecule has 0 saturated heterocycles. The molecule has 1 aromatic rings. The number of hydrogen-bond acceptors (Lipinski definition) is 5. The molecule has 1 aromatic carbocycles. The van der Waals surface area contributed by atoms with Crippen molar-refractivity contribution in [2.75, 3.05) is 5.48 Å². The topological polar surface area (TPSA) is 67.8 Å².